The Morgan fingerprint density at radius 2 is 2.29 bits per heavy atom. The van der Waals surface area contributed by atoms with Crippen LogP contribution >= 0.6 is 0 Å². The minimum atomic E-state index is -1.32. The van der Waals surface area contributed by atoms with E-state index in [1.165, 1.54) is 0 Å². The van der Waals surface area contributed by atoms with Crippen molar-refractivity contribution in [2.75, 3.05) is 0 Å². The van der Waals surface area contributed by atoms with Crippen molar-refractivity contribution in [2.45, 2.75) is 19.1 Å². The molecule has 2 atom stereocenters. The Bertz CT molecular complexity index is 341. The van der Waals surface area contributed by atoms with E-state index in [-0.39, 0.29) is 0 Å². The highest BCUT2D eigenvalue weighted by Crippen LogP contribution is 2.17. The summed E-state index contributed by atoms with van der Waals surface area (Å²) in [5.41, 5.74) is 6.31. The average Bonchev–Trinajstić information content (AvgIpc) is 2.16. The lowest BCUT2D eigenvalue weighted by Gasteiger charge is -2.16. The van der Waals surface area contributed by atoms with E-state index in [0.29, 0.717) is 11.3 Å². The number of hydrogen-bond donors (Lipinski definition) is 3. The van der Waals surface area contributed by atoms with E-state index >= 15 is 0 Å². The first-order valence-electron chi connectivity index (χ1n) is 4.12. The Balaban J connectivity index is 2.94. The van der Waals surface area contributed by atoms with Crippen molar-refractivity contribution in [1.29, 1.82) is 0 Å². The van der Waals surface area contributed by atoms with Crippen LogP contribution in [0.4, 0.5) is 0 Å². The van der Waals surface area contributed by atoms with Crippen LogP contribution in [0.25, 0.3) is 0 Å². The molecule has 76 valence electrons. The molecule has 1 aromatic rings. The zero-order valence-electron chi connectivity index (χ0n) is 7.71. The van der Waals surface area contributed by atoms with Crippen LogP contribution in [0.5, 0.6) is 0 Å². The van der Waals surface area contributed by atoms with Crippen LogP contribution < -0.4 is 5.73 Å². The van der Waals surface area contributed by atoms with E-state index < -0.39 is 18.1 Å². The molecule has 4 N–H and O–H groups in total. The maximum Gasteiger partial charge on any atom is 0.323 e. The first kappa shape index (κ1) is 10.6. The molecule has 0 amide bonds. The fourth-order valence-electron chi connectivity index (χ4n) is 1.14. The Hall–Kier alpha value is -1.46. The number of carboxylic acid groups (broad SMARTS) is 1. The lowest BCUT2D eigenvalue weighted by Crippen LogP contribution is -2.36. The summed E-state index contributed by atoms with van der Waals surface area (Å²) in [5.74, 6) is -1.24. The van der Waals surface area contributed by atoms with Crippen molar-refractivity contribution in [2.24, 2.45) is 5.73 Å². The van der Waals surface area contributed by atoms with Gasteiger partial charge in [0.05, 0.1) is 0 Å². The third kappa shape index (κ3) is 2.07. The number of carboxylic acids is 1. The molecule has 5 nitrogen and oxygen atoms in total. The van der Waals surface area contributed by atoms with Crippen molar-refractivity contribution in [1.82, 2.24) is 4.98 Å². The van der Waals surface area contributed by atoms with Crippen LogP contribution in [-0.2, 0) is 4.79 Å². The first-order chi connectivity index (χ1) is 6.54. The summed E-state index contributed by atoms with van der Waals surface area (Å²) in [4.78, 5) is 14.5. The van der Waals surface area contributed by atoms with Crippen LogP contribution in [0, 0.1) is 6.92 Å². The Morgan fingerprint density at radius 3 is 2.79 bits per heavy atom. The van der Waals surface area contributed by atoms with E-state index in [4.69, 9.17) is 10.8 Å². The topological polar surface area (TPSA) is 96.4 Å². The van der Waals surface area contributed by atoms with Gasteiger partial charge in [-0.1, -0.05) is 6.07 Å². The SMILES string of the molecule is Cc1ncccc1C(O)C(N)C(=O)O. The summed E-state index contributed by atoms with van der Waals surface area (Å²) in [6.07, 6.45) is 0.346. The summed E-state index contributed by atoms with van der Waals surface area (Å²) in [5, 5.41) is 18.2. The lowest BCUT2D eigenvalue weighted by molar-refractivity contribution is -0.141. The number of nitrogens with two attached hydrogens (primary N) is 1. The van der Waals surface area contributed by atoms with Crippen molar-refractivity contribution in [3.8, 4) is 0 Å². The Kier molecular flexibility index (Phi) is 3.16. The van der Waals surface area contributed by atoms with Gasteiger partial charge in [0.25, 0.3) is 0 Å². The summed E-state index contributed by atoms with van der Waals surface area (Å²) in [6.45, 7) is 1.69. The molecule has 5 heteroatoms. The molecule has 0 aromatic carbocycles. The molecule has 0 radical (unpaired) electrons. The maximum atomic E-state index is 10.5. The number of aliphatic hydroxyl groups is 1. The number of aromatic nitrogens is 1. The van der Waals surface area contributed by atoms with Crippen LogP contribution in [0.3, 0.4) is 0 Å². The smallest absolute Gasteiger partial charge is 0.323 e. The number of aliphatic carboxylic acids is 1. The van der Waals surface area contributed by atoms with Gasteiger partial charge >= 0.3 is 5.97 Å². The van der Waals surface area contributed by atoms with Crippen LogP contribution in [-0.4, -0.2) is 27.2 Å². The molecule has 0 saturated carbocycles. The maximum absolute atomic E-state index is 10.5. The molecule has 0 bridgehead atoms. The van der Waals surface area contributed by atoms with E-state index in [9.17, 15) is 9.90 Å². The molecular formula is C9H12N2O3. The molecule has 1 rings (SSSR count). The highest BCUT2D eigenvalue weighted by Gasteiger charge is 2.24. The normalized spacial score (nSPS) is 14.8. The zero-order chi connectivity index (χ0) is 10.7. The second kappa shape index (κ2) is 4.17. The summed E-state index contributed by atoms with van der Waals surface area (Å²) in [7, 11) is 0. The molecule has 0 fully saturated rings. The predicted octanol–water partition coefficient (Wildman–Crippen LogP) is -0.165. The molecule has 0 aliphatic rings. The van der Waals surface area contributed by atoms with Crippen molar-refractivity contribution < 1.29 is 15.0 Å². The summed E-state index contributed by atoms with van der Waals surface area (Å²) in [6, 6.07) is 1.91. The number of aliphatic hydroxyl groups excluding tert-OH is 1. The molecule has 0 aliphatic carbocycles. The van der Waals surface area contributed by atoms with E-state index in [1.807, 2.05) is 0 Å². The number of carbonyl (C=O) groups is 1. The van der Waals surface area contributed by atoms with Crippen LogP contribution in [0.2, 0.25) is 0 Å². The Labute approximate surface area is 81.2 Å². The van der Waals surface area contributed by atoms with E-state index in [2.05, 4.69) is 4.98 Å². The molecule has 1 aromatic heterocycles. The average molecular weight is 196 g/mol. The third-order valence-corrected chi connectivity index (χ3v) is 1.99. The number of pyridine rings is 1. The molecular weight excluding hydrogens is 184 g/mol. The standard InChI is InChI=1S/C9H12N2O3/c1-5-6(3-2-4-11-5)8(12)7(10)9(13)14/h2-4,7-8,12H,10H2,1H3,(H,13,14). The number of nitrogens with zero attached hydrogens (tertiary/aromatic N) is 1. The van der Waals surface area contributed by atoms with Gasteiger partial charge < -0.3 is 15.9 Å². The van der Waals surface area contributed by atoms with Crippen molar-refractivity contribution in [3.63, 3.8) is 0 Å². The first-order valence-corrected chi connectivity index (χ1v) is 4.12. The lowest BCUT2D eigenvalue weighted by atomic mass is 10.0. The van der Waals surface area contributed by atoms with E-state index in [1.54, 1.807) is 25.3 Å². The molecule has 0 aliphatic heterocycles. The molecule has 2 unspecified atom stereocenters. The van der Waals surface area contributed by atoms with Gasteiger partial charge in [-0.15, -0.1) is 0 Å². The third-order valence-electron chi connectivity index (χ3n) is 1.99. The predicted molar refractivity (Wildman–Crippen MR) is 49.5 cm³/mol. The summed E-state index contributed by atoms with van der Waals surface area (Å²) < 4.78 is 0. The van der Waals surface area contributed by atoms with Crippen LogP contribution in [0.15, 0.2) is 18.3 Å². The van der Waals surface area contributed by atoms with Gasteiger partial charge in [-0.05, 0) is 13.0 Å². The molecule has 0 saturated heterocycles. The largest absolute Gasteiger partial charge is 0.480 e. The number of hydrogen-bond acceptors (Lipinski definition) is 4. The molecule has 1 heterocycles. The molecule has 14 heavy (non-hydrogen) atoms. The van der Waals surface area contributed by atoms with Gasteiger partial charge in [-0.25, -0.2) is 0 Å². The van der Waals surface area contributed by atoms with Gasteiger partial charge in [0.1, 0.15) is 12.1 Å². The number of aryl methyl sites for hydroxylation is 1. The Morgan fingerprint density at radius 1 is 1.64 bits per heavy atom. The van der Waals surface area contributed by atoms with Crippen molar-refractivity contribution in [3.05, 3.63) is 29.6 Å². The zero-order valence-corrected chi connectivity index (χ0v) is 7.71. The minimum absolute atomic E-state index is 0.447. The second-order valence-electron chi connectivity index (χ2n) is 2.99. The van der Waals surface area contributed by atoms with Gasteiger partial charge in [0, 0.05) is 17.5 Å². The number of rotatable bonds is 3. The highest BCUT2D eigenvalue weighted by molar-refractivity contribution is 5.74. The minimum Gasteiger partial charge on any atom is -0.480 e. The monoisotopic (exact) mass is 196 g/mol. The quantitative estimate of drug-likeness (QED) is 0.624. The fourth-order valence-corrected chi connectivity index (χ4v) is 1.14. The van der Waals surface area contributed by atoms with E-state index in [0.717, 1.165) is 0 Å². The molecule has 0 spiro atoms. The highest BCUT2D eigenvalue weighted by atomic mass is 16.4. The van der Waals surface area contributed by atoms with Gasteiger partial charge in [0.2, 0.25) is 0 Å². The fraction of sp³-hybridized carbons (Fsp3) is 0.333. The van der Waals surface area contributed by atoms with Gasteiger partial charge in [0.15, 0.2) is 0 Å². The van der Waals surface area contributed by atoms with Gasteiger partial charge in [-0.2, -0.15) is 0 Å². The summed E-state index contributed by atoms with van der Waals surface area (Å²) >= 11 is 0. The second-order valence-corrected chi connectivity index (χ2v) is 2.99. The van der Waals surface area contributed by atoms with Crippen LogP contribution in [0.1, 0.15) is 17.4 Å². The van der Waals surface area contributed by atoms with Crippen molar-refractivity contribution >= 4 is 5.97 Å². The van der Waals surface area contributed by atoms with Gasteiger partial charge in [-0.3, -0.25) is 9.78 Å².